The molecular formula is C22H27ClN4O2. The number of carbonyl (C=O) groups excluding carboxylic acids is 2. The first-order chi connectivity index (χ1) is 13.9. The van der Waals surface area contributed by atoms with Gasteiger partial charge in [-0.2, -0.15) is 0 Å². The van der Waals surface area contributed by atoms with E-state index in [9.17, 15) is 9.59 Å². The van der Waals surface area contributed by atoms with Crippen molar-refractivity contribution in [2.75, 3.05) is 39.3 Å². The Morgan fingerprint density at radius 1 is 1.17 bits per heavy atom. The molecule has 2 heterocycles. The van der Waals surface area contributed by atoms with Gasteiger partial charge in [-0.05, 0) is 38.1 Å². The second-order valence-electron chi connectivity index (χ2n) is 7.26. The van der Waals surface area contributed by atoms with Gasteiger partial charge in [0.1, 0.15) is 0 Å². The van der Waals surface area contributed by atoms with E-state index in [-0.39, 0.29) is 11.8 Å². The summed E-state index contributed by atoms with van der Waals surface area (Å²) >= 11 is 6.14. The highest BCUT2D eigenvalue weighted by atomic mass is 35.5. The lowest BCUT2D eigenvalue weighted by molar-refractivity contribution is -0.122. The summed E-state index contributed by atoms with van der Waals surface area (Å²) in [6.45, 7) is 10.9. The van der Waals surface area contributed by atoms with E-state index in [1.165, 1.54) is 0 Å². The molecule has 1 saturated heterocycles. The predicted molar refractivity (Wildman–Crippen MR) is 116 cm³/mol. The molecule has 1 aromatic carbocycles. The molecule has 2 aromatic rings. The van der Waals surface area contributed by atoms with Gasteiger partial charge in [0.2, 0.25) is 5.91 Å². The molecule has 0 atom stereocenters. The van der Waals surface area contributed by atoms with Crippen molar-refractivity contribution in [2.45, 2.75) is 13.8 Å². The standard InChI is InChI=1S/C22H27ClN4O2/c1-4-8-24-21(28)15-25-9-11-26(12-10-25)22(29)20-13-16(2)27(17(20)3)19-7-5-6-18(23)14-19/h4-7,13-14H,1,8-12,15H2,2-3H3,(H,24,28). The van der Waals surface area contributed by atoms with Crippen LogP contribution in [0.3, 0.4) is 0 Å². The van der Waals surface area contributed by atoms with Gasteiger partial charge in [0.25, 0.3) is 5.91 Å². The first kappa shape index (κ1) is 21.1. The van der Waals surface area contributed by atoms with Crippen LogP contribution in [-0.4, -0.2) is 65.4 Å². The van der Waals surface area contributed by atoms with Crippen molar-refractivity contribution in [3.05, 3.63) is 65.0 Å². The zero-order valence-electron chi connectivity index (χ0n) is 16.9. The number of amides is 2. The Labute approximate surface area is 176 Å². The van der Waals surface area contributed by atoms with E-state index in [1.54, 1.807) is 6.08 Å². The summed E-state index contributed by atoms with van der Waals surface area (Å²) in [5, 5.41) is 3.45. The van der Waals surface area contributed by atoms with E-state index in [1.807, 2.05) is 49.1 Å². The van der Waals surface area contributed by atoms with Crippen molar-refractivity contribution in [2.24, 2.45) is 0 Å². The molecule has 0 spiro atoms. The van der Waals surface area contributed by atoms with Crippen molar-refractivity contribution < 1.29 is 9.59 Å². The van der Waals surface area contributed by atoms with Gasteiger partial charge in [0.05, 0.1) is 12.1 Å². The van der Waals surface area contributed by atoms with Crippen molar-refractivity contribution in [1.82, 2.24) is 19.7 Å². The number of rotatable bonds is 6. The molecule has 7 heteroatoms. The Hall–Kier alpha value is -2.57. The number of benzene rings is 1. The van der Waals surface area contributed by atoms with E-state index in [4.69, 9.17) is 11.6 Å². The van der Waals surface area contributed by atoms with Crippen LogP contribution in [0.4, 0.5) is 0 Å². The lowest BCUT2D eigenvalue weighted by Crippen LogP contribution is -2.51. The highest BCUT2D eigenvalue weighted by Gasteiger charge is 2.26. The van der Waals surface area contributed by atoms with Gasteiger partial charge in [0, 0.05) is 54.8 Å². The zero-order valence-corrected chi connectivity index (χ0v) is 17.7. The first-order valence-corrected chi connectivity index (χ1v) is 10.1. The maximum absolute atomic E-state index is 13.1. The number of aryl methyl sites for hydroxylation is 1. The summed E-state index contributed by atoms with van der Waals surface area (Å²) in [6.07, 6.45) is 1.66. The Morgan fingerprint density at radius 2 is 1.90 bits per heavy atom. The highest BCUT2D eigenvalue weighted by molar-refractivity contribution is 6.30. The van der Waals surface area contributed by atoms with Crippen LogP contribution in [0.2, 0.25) is 5.02 Å². The van der Waals surface area contributed by atoms with Crippen LogP contribution in [-0.2, 0) is 4.79 Å². The molecule has 0 saturated carbocycles. The number of nitrogens with one attached hydrogen (secondary N) is 1. The molecule has 1 aliphatic rings. The van der Waals surface area contributed by atoms with E-state index >= 15 is 0 Å². The molecule has 0 unspecified atom stereocenters. The van der Waals surface area contributed by atoms with Gasteiger partial charge in [-0.1, -0.05) is 23.7 Å². The normalized spacial score (nSPS) is 14.7. The fraction of sp³-hybridized carbons (Fsp3) is 0.364. The SMILES string of the molecule is C=CCNC(=O)CN1CCN(C(=O)c2cc(C)n(-c3cccc(Cl)c3)c2C)CC1. The average molecular weight is 415 g/mol. The van der Waals surface area contributed by atoms with Gasteiger partial charge in [0.15, 0.2) is 0 Å². The number of halogens is 1. The van der Waals surface area contributed by atoms with Gasteiger partial charge >= 0.3 is 0 Å². The summed E-state index contributed by atoms with van der Waals surface area (Å²) in [4.78, 5) is 28.9. The summed E-state index contributed by atoms with van der Waals surface area (Å²) in [5.74, 6) is 0.0110. The van der Waals surface area contributed by atoms with Crippen LogP contribution < -0.4 is 5.32 Å². The smallest absolute Gasteiger partial charge is 0.255 e. The molecule has 154 valence electrons. The number of aromatic nitrogens is 1. The van der Waals surface area contributed by atoms with Crippen molar-refractivity contribution in [1.29, 1.82) is 0 Å². The fourth-order valence-electron chi connectivity index (χ4n) is 3.72. The van der Waals surface area contributed by atoms with Crippen LogP contribution in [0.15, 0.2) is 43.0 Å². The van der Waals surface area contributed by atoms with Gasteiger partial charge in [-0.3, -0.25) is 14.5 Å². The minimum absolute atomic E-state index is 0.0188. The summed E-state index contributed by atoms with van der Waals surface area (Å²) in [6, 6.07) is 9.56. The molecule has 1 aliphatic heterocycles. The molecule has 1 fully saturated rings. The van der Waals surface area contributed by atoms with Gasteiger partial charge in [-0.25, -0.2) is 0 Å². The minimum Gasteiger partial charge on any atom is -0.352 e. The molecule has 2 amide bonds. The fourth-order valence-corrected chi connectivity index (χ4v) is 3.90. The lowest BCUT2D eigenvalue weighted by atomic mass is 10.2. The Bertz CT molecular complexity index is 914. The van der Waals surface area contributed by atoms with Crippen LogP contribution >= 0.6 is 11.6 Å². The Morgan fingerprint density at radius 3 is 2.55 bits per heavy atom. The quantitative estimate of drug-likeness (QED) is 0.739. The third kappa shape index (κ3) is 4.89. The van der Waals surface area contributed by atoms with Crippen LogP contribution in [0.25, 0.3) is 5.69 Å². The summed E-state index contributed by atoms with van der Waals surface area (Å²) < 4.78 is 2.05. The highest BCUT2D eigenvalue weighted by Crippen LogP contribution is 2.24. The third-order valence-corrected chi connectivity index (χ3v) is 5.43. The second-order valence-corrected chi connectivity index (χ2v) is 7.70. The van der Waals surface area contributed by atoms with Crippen molar-refractivity contribution in [3.63, 3.8) is 0 Å². The largest absolute Gasteiger partial charge is 0.352 e. The Balaban J connectivity index is 1.67. The second kappa shape index (κ2) is 9.29. The number of piperazine rings is 1. The molecule has 1 aromatic heterocycles. The maximum Gasteiger partial charge on any atom is 0.255 e. The molecule has 29 heavy (non-hydrogen) atoms. The van der Waals surface area contributed by atoms with E-state index in [0.717, 1.165) is 17.1 Å². The number of hydrogen-bond acceptors (Lipinski definition) is 3. The maximum atomic E-state index is 13.1. The molecule has 0 radical (unpaired) electrons. The molecule has 0 aliphatic carbocycles. The number of carbonyl (C=O) groups is 2. The lowest BCUT2D eigenvalue weighted by Gasteiger charge is -2.34. The molecule has 0 bridgehead atoms. The Kier molecular flexibility index (Phi) is 6.77. The van der Waals surface area contributed by atoms with E-state index in [2.05, 4.69) is 21.4 Å². The monoisotopic (exact) mass is 414 g/mol. The molecule has 3 rings (SSSR count). The summed E-state index contributed by atoms with van der Waals surface area (Å²) in [7, 11) is 0. The molecule has 6 nitrogen and oxygen atoms in total. The predicted octanol–water partition coefficient (Wildman–Crippen LogP) is 2.81. The van der Waals surface area contributed by atoms with Crippen molar-refractivity contribution >= 4 is 23.4 Å². The topological polar surface area (TPSA) is 57.6 Å². The third-order valence-electron chi connectivity index (χ3n) is 5.20. The zero-order chi connectivity index (χ0) is 21.0. The molecule has 1 N–H and O–H groups in total. The van der Waals surface area contributed by atoms with Gasteiger partial charge in [-0.15, -0.1) is 6.58 Å². The van der Waals surface area contributed by atoms with E-state index < -0.39 is 0 Å². The number of nitrogens with zero attached hydrogens (tertiary/aromatic N) is 3. The van der Waals surface area contributed by atoms with Crippen LogP contribution in [0.5, 0.6) is 0 Å². The number of hydrogen-bond donors (Lipinski definition) is 1. The van der Waals surface area contributed by atoms with Crippen molar-refractivity contribution in [3.8, 4) is 5.69 Å². The average Bonchev–Trinajstić information content (AvgIpc) is 3.00. The van der Waals surface area contributed by atoms with Crippen LogP contribution in [0, 0.1) is 13.8 Å². The summed E-state index contributed by atoms with van der Waals surface area (Å²) in [5.41, 5.74) is 3.55. The molecular weight excluding hydrogens is 388 g/mol. The van der Waals surface area contributed by atoms with Gasteiger partial charge < -0.3 is 14.8 Å². The minimum atomic E-state index is -0.0188. The first-order valence-electron chi connectivity index (χ1n) is 9.75. The van der Waals surface area contributed by atoms with E-state index in [0.29, 0.717) is 49.9 Å². The van der Waals surface area contributed by atoms with Crippen LogP contribution in [0.1, 0.15) is 21.7 Å².